The van der Waals surface area contributed by atoms with Crippen LogP contribution in [0.5, 0.6) is 0 Å². The van der Waals surface area contributed by atoms with Gasteiger partial charge in [0.15, 0.2) is 0 Å². The molecule has 20 heavy (non-hydrogen) atoms. The molecule has 0 bridgehead atoms. The Labute approximate surface area is 120 Å². The third-order valence-corrected chi connectivity index (χ3v) is 5.55. The Morgan fingerprint density at radius 1 is 1.30 bits per heavy atom. The van der Waals surface area contributed by atoms with E-state index in [0.717, 1.165) is 23.2 Å². The van der Waals surface area contributed by atoms with Crippen molar-refractivity contribution in [3.05, 3.63) is 29.3 Å². The van der Waals surface area contributed by atoms with Crippen LogP contribution in [0.25, 0.3) is 0 Å². The van der Waals surface area contributed by atoms with Gasteiger partial charge in [-0.1, -0.05) is 12.1 Å². The highest BCUT2D eigenvalue weighted by atomic mass is 32.2. The average molecular weight is 296 g/mol. The van der Waals surface area contributed by atoms with Crippen molar-refractivity contribution < 1.29 is 13.2 Å². The molecule has 1 aliphatic heterocycles. The van der Waals surface area contributed by atoms with E-state index < -0.39 is 10.0 Å². The first-order valence-corrected chi connectivity index (χ1v) is 8.35. The molecule has 1 fully saturated rings. The van der Waals surface area contributed by atoms with E-state index in [9.17, 15) is 13.2 Å². The minimum absolute atomic E-state index is 0.101. The summed E-state index contributed by atoms with van der Waals surface area (Å²) in [5, 5.41) is 2.79. The van der Waals surface area contributed by atoms with E-state index in [-0.39, 0.29) is 18.2 Å². The highest BCUT2D eigenvalue weighted by molar-refractivity contribution is 7.89. The second kappa shape index (κ2) is 5.93. The standard InChI is InChI=1S/C14H20N2O3S/c1-11-6-5-7-13(12(11)2)15-14(17)10-16-8-3-4-9-20(16,18)19/h5-7H,3-4,8-10H2,1-2H3,(H,15,17). The molecular formula is C14H20N2O3S. The Kier molecular flexibility index (Phi) is 4.45. The molecule has 0 saturated carbocycles. The summed E-state index contributed by atoms with van der Waals surface area (Å²) in [5.41, 5.74) is 2.83. The molecule has 5 nitrogen and oxygen atoms in total. The normalized spacial score (nSPS) is 18.7. The molecule has 1 heterocycles. The average Bonchev–Trinajstić information content (AvgIpc) is 2.37. The number of nitrogens with zero attached hydrogens (tertiary/aromatic N) is 1. The van der Waals surface area contributed by atoms with Crippen molar-refractivity contribution in [3.63, 3.8) is 0 Å². The first-order chi connectivity index (χ1) is 9.40. The van der Waals surface area contributed by atoms with Gasteiger partial charge < -0.3 is 5.32 Å². The number of hydrogen-bond donors (Lipinski definition) is 1. The van der Waals surface area contributed by atoms with Gasteiger partial charge in [0.05, 0.1) is 12.3 Å². The van der Waals surface area contributed by atoms with Gasteiger partial charge in [0.25, 0.3) is 0 Å². The zero-order valence-corrected chi connectivity index (χ0v) is 12.7. The van der Waals surface area contributed by atoms with Crippen LogP contribution in [0.2, 0.25) is 0 Å². The molecule has 1 saturated heterocycles. The molecule has 1 aliphatic rings. The lowest BCUT2D eigenvalue weighted by Crippen LogP contribution is -2.42. The van der Waals surface area contributed by atoms with Gasteiger partial charge in [-0.3, -0.25) is 4.79 Å². The number of hydrogen-bond acceptors (Lipinski definition) is 3. The van der Waals surface area contributed by atoms with Crippen LogP contribution >= 0.6 is 0 Å². The minimum Gasteiger partial charge on any atom is -0.325 e. The van der Waals surface area contributed by atoms with E-state index in [0.29, 0.717) is 13.0 Å². The molecule has 6 heteroatoms. The molecule has 0 aromatic heterocycles. The molecule has 0 spiro atoms. The molecule has 0 radical (unpaired) electrons. The SMILES string of the molecule is Cc1cccc(NC(=O)CN2CCCCS2(=O)=O)c1C. The molecule has 0 atom stereocenters. The predicted molar refractivity (Wildman–Crippen MR) is 79.1 cm³/mol. The van der Waals surface area contributed by atoms with Crippen LogP contribution in [0.4, 0.5) is 5.69 Å². The number of aryl methyl sites for hydroxylation is 1. The monoisotopic (exact) mass is 296 g/mol. The summed E-state index contributed by atoms with van der Waals surface area (Å²) in [5.74, 6) is -0.145. The summed E-state index contributed by atoms with van der Waals surface area (Å²) in [7, 11) is -3.26. The molecule has 1 aromatic rings. The third-order valence-electron chi connectivity index (χ3n) is 3.65. The van der Waals surface area contributed by atoms with Gasteiger partial charge in [0.2, 0.25) is 15.9 Å². The molecule has 0 unspecified atom stereocenters. The van der Waals surface area contributed by atoms with Gasteiger partial charge >= 0.3 is 0 Å². The van der Waals surface area contributed by atoms with E-state index in [1.807, 2.05) is 32.0 Å². The van der Waals surface area contributed by atoms with E-state index in [4.69, 9.17) is 0 Å². The van der Waals surface area contributed by atoms with Crippen molar-refractivity contribution in [1.29, 1.82) is 0 Å². The third kappa shape index (κ3) is 3.37. The summed E-state index contributed by atoms with van der Waals surface area (Å²) in [6.07, 6.45) is 1.49. The lowest BCUT2D eigenvalue weighted by atomic mass is 10.1. The summed E-state index contributed by atoms with van der Waals surface area (Å²) in [4.78, 5) is 12.0. The van der Waals surface area contributed by atoms with Crippen molar-refractivity contribution in [3.8, 4) is 0 Å². The number of carbonyl (C=O) groups excluding carboxylic acids is 1. The summed E-state index contributed by atoms with van der Waals surface area (Å²) in [6, 6.07) is 5.67. The number of benzene rings is 1. The van der Waals surface area contributed by atoms with E-state index >= 15 is 0 Å². The van der Waals surface area contributed by atoms with Crippen LogP contribution in [0.15, 0.2) is 18.2 Å². The molecule has 110 valence electrons. The minimum atomic E-state index is -3.26. The predicted octanol–water partition coefficient (Wildman–Crippen LogP) is 1.67. The summed E-state index contributed by atoms with van der Waals surface area (Å²) >= 11 is 0. The van der Waals surface area contributed by atoms with Gasteiger partial charge in [0, 0.05) is 12.2 Å². The molecular weight excluding hydrogens is 276 g/mol. The number of rotatable bonds is 3. The van der Waals surface area contributed by atoms with E-state index in [1.165, 1.54) is 4.31 Å². The Bertz CT molecular complexity index is 611. The van der Waals surface area contributed by atoms with Crippen molar-refractivity contribution in [2.45, 2.75) is 26.7 Å². The van der Waals surface area contributed by atoms with Crippen LogP contribution < -0.4 is 5.32 Å². The highest BCUT2D eigenvalue weighted by Gasteiger charge is 2.27. The number of anilines is 1. The topological polar surface area (TPSA) is 66.5 Å². The largest absolute Gasteiger partial charge is 0.325 e. The maximum absolute atomic E-state index is 12.0. The van der Waals surface area contributed by atoms with Crippen molar-refractivity contribution in [2.24, 2.45) is 0 Å². The fourth-order valence-corrected chi connectivity index (χ4v) is 3.80. The lowest BCUT2D eigenvalue weighted by Gasteiger charge is -2.25. The second-order valence-electron chi connectivity index (χ2n) is 5.15. The molecule has 1 N–H and O–H groups in total. The first kappa shape index (κ1) is 15.0. The quantitative estimate of drug-likeness (QED) is 0.922. The molecule has 1 amide bonds. The highest BCUT2D eigenvalue weighted by Crippen LogP contribution is 2.18. The van der Waals surface area contributed by atoms with Gasteiger partial charge in [-0.25, -0.2) is 8.42 Å². The Morgan fingerprint density at radius 2 is 2.05 bits per heavy atom. The summed E-state index contributed by atoms with van der Waals surface area (Å²) < 4.78 is 24.9. The Hall–Kier alpha value is -1.40. The van der Waals surface area contributed by atoms with Gasteiger partial charge in [-0.2, -0.15) is 4.31 Å². The fraction of sp³-hybridized carbons (Fsp3) is 0.500. The van der Waals surface area contributed by atoms with Gasteiger partial charge in [0.1, 0.15) is 0 Å². The summed E-state index contributed by atoms with van der Waals surface area (Å²) in [6.45, 7) is 4.24. The first-order valence-electron chi connectivity index (χ1n) is 6.74. The van der Waals surface area contributed by atoms with Crippen molar-refractivity contribution in [1.82, 2.24) is 4.31 Å². The van der Waals surface area contributed by atoms with Crippen LogP contribution in [0.3, 0.4) is 0 Å². The lowest BCUT2D eigenvalue weighted by molar-refractivity contribution is -0.116. The Morgan fingerprint density at radius 3 is 2.75 bits per heavy atom. The van der Waals surface area contributed by atoms with Gasteiger partial charge in [-0.05, 0) is 43.9 Å². The van der Waals surface area contributed by atoms with Crippen LogP contribution in [-0.4, -0.2) is 37.5 Å². The number of nitrogens with one attached hydrogen (secondary N) is 1. The fourth-order valence-electron chi connectivity index (χ4n) is 2.25. The number of carbonyl (C=O) groups is 1. The second-order valence-corrected chi connectivity index (χ2v) is 7.24. The van der Waals surface area contributed by atoms with Crippen molar-refractivity contribution in [2.75, 3.05) is 24.2 Å². The van der Waals surface area contributed by atoms with Crippen LogP contribution in [-0.2, 0) is 14.8 Å². The Balaban J connectivity index is 2.04. The molecule has 0 aliphatic carbocycles. The molecule has 1 aromatic carbocycles. The van der Waals surface area contributed by atoms with Crippen LogP contribution in [0.1, 0.15) is 24.0 Å². The number of amides is 1. The maximum atomic E-state index is 12.0. The molecule has 2 rings (SSSR count). The number of sulfonamides is 1. The smallest absolute Gasteiger partial charge is 0.239 e. The zero-order valence-electron chi connectivity index (χ0n) is 11.8. The van der Waals surface area contributed by atoms with Crippen LogP contribution in [0, 0.1) is 13.8 Å². The van der Waals surface area contributed by atoms with Gasteiger partial charge in [-0.15, -0.1) is 0 Å². The van der Waals surface area contributed by atoms with E-state index in [2.05, 4.69) is 5.32 Å². The maximum Gasteiger partial charge on any atom is 0.239 e. The zero-order chi connectivity index (χ0) is 14.8. The van der Waals surface area contributed by atoms with E-state index in [1.54, 1.807) is 0 Å². The van der Waals surface area contributed by atoms with Crippen molar-refractivity contribution >= 4 is 21.6 Å².